The van der Waals surface area contributed by atoms with Crippen LogP contribution >= 0.6 is 0 Å². The molecule has 0 aliphatic carbocycles. The van der Waals surface area contributed by atoms with E-state index in [0.29, 0.717) is 11.3 Å². The van der Waals surface area contributed by atoms with Gasteiger partial charge in [0.2, 0.25) is 10.0 Å². The van der Waals surface area contributed by atoms with Crippen LogP contribution in [0, 0.1) is 0 Å². The minimum Gasteiger partial charge on any atom is -0.441 e. The summed E-state index contributed by atoms with van der Waals surface area (Å²) in [4.78, 5) is 23.3. The summed E-state index contributed by atoms with van der Waals surface area (Å²) in [6.07, 6.45) is -1.29. The molecule has 0 spiro atoms. The lowest BCUT2D eigenvalue weighted by atomic mass is 10.1. The Morgan fingerprint density at radius 1 is 1.12 bits per heavy atom. The van der Waals surface area contributed by atoms with Crippen molar-refractivity contribution in [1.29, 1.82) is 0 Å². The number of benzene rings is 1. The number of anilines is 1. The molecule has 4 atom stereocenters. The third kappa shape index (κ3) is 4.39. The number of sulfonamides is 1. The van der Waals surface area contributed by atoms with E-state index in [1.807, 2.05) is 0 Å². The van der Waals surface area contributed by atoms with Crippen LogP contribution in [0.3, 0.4) is 0 Å². The number of fused-ring (bicyclic) bond motifs is 1. The first kappa shape index (κ1) is 18.8. The Bertz CT molecular complexity index is 793. The van der Waals surface area contributed by atoms with Crippen LogP contribution in [0.2, 0.25) is 0 Å². The molecule has 2 saturated heterocycles. The molecule has 0 bridgehead atoms. The lowest BCUT2D eigenvalue weighted by Crippen LogP contribution is -2.44. The number of hydrogen-bond donors (Lipinski definition) is 2. The first-order valence-electron chi connectivity index (χ1n) is 8.02. The average molecular weight is 384 g/mol. The highest BCUT2D eigenvalue weighted by Gasteiger charge is 2.50. The van der Waals surface area contributed by atoms with E-state index in [4.69, 9.17) is 14.2 Å². The maximum absolute atomic E-state index is 12.1. The van der Waals surface area contributed by atoms with Gasteiger partial charge >= 0.3 is 6.09 Å². The van der Waals surface area contributed by atoms with Crippen LogP contribution in [0.25, 0.3) is 0 Å². The van der Waals surface area contributed by atoms with Crippen molar-refractivity contribution in [2.75, 3.05) is 24.8 Å². The van der Waals surface area contributed by atoms with Gasteiger partial charge in [-0.25, -0.2) is 17.9 Å². The third-order valence-corrected chi connectivity index (χ3v) is 4.90. The summed E-state index contributed by atoms with van der Waals surface area (Å²) < 4.78 is 41.6. The van der Waals surface area contributed by atoms with E-state index in [1.165, 1.54) is 6.92 Å². The standard InChI is InChI=1S/C16H20N2O7S/c1-9(19)10-3-5-11(6-4-10)17-16(20)25-13-8-24-14-12(7-23-15(13)14)18-26(2,21)22/h3-6,12-15,18H,7-8H2,1-2H3,(H,17,20)/t12-,13-,14-,15+/m0/s1. The Morgan fingerprint density at radius 2 is 1.77 bits per heavy atom. The molecule has 1 amide bonds. The summed E-state index contributed by atoms with van der Waals surface area (Å²) in [6.45, 7) is 1.73. The van der Waals surface area contributed by atoms with E-state index < -0.39 is 40.5 Å². The predicted molar refractivity (Wildman–Crippen MR) is 91.6 cm³/mol. The van der Waals surface area contributed by atoms with Gasteiger partial charge in [0, 0.05) is 11.3 Å². The molecular formula is C16H20N2O7S. The highest BCUT2D eigenvalue weighted by atomic mass is 32.2. The normalized spacial score (nSPS) is 27.8. The molecule has 9 nitrogen and oxygen atoms in total. The highest BCUT2D eigenvalue weighted by Crippen LogP contribution is 2.29. The van der Waals surface area contributed by atoms with Crippen LogP contribution in [-0.4, -0.2) is 64.1 Å². The van der Waals surface area contributed by atoms with Crippen LogP contribution in [0.4, 0.5) is 10.5 Å². The molecule has 10 heteroatoms. The van der Waals surface area contributed by atoms with Gasteiger partial charge < -0.3 is 14.2 Å². The second-order valence-electron chi connectivity index (χ2n) is 6.29. The quantitative estimate of drug-likeness (QED) is 0.710. The fourth-order valence-electron chi connectivity index (χ4n) is 3.01. The molecule has 0 unspecified atom stereocenters. The highest BCUT2D eigenvalue weighted by molar-refractivity contribution is 7.88. The van der Waals surface area contributed by atoms with E-state index >= 15 is 0 Å². The smallest absolute Gasteiger partial charge is 0.412 e. The molecule has 26 heavy (non-hydrogen) atoms. The van der Waals surface area contributed by atoms with Crippen LogP contribution in [0.5, 0.6) is 0 Å². The topological polar surface area (TPSA) is 120 Å². The van der Waals surface area contributed by atoms with Gasteiger partial charge in [-0.3, -0.25) is 10.1 Å². The first-order valence-corrected chi connectivity index (χ1v) is 9.91. The summed E-state index contributed by atoms with van der Waals surface area (Å²) in [7, 11) is -3.39. The van der Waals surface area contributed by atoms with E-state index in [9.17, 15) is 18.0 Å². The summed E-state index contributed by atoms with van der Waals surface area (Å²) in [5.74, 6) is -0.0658. The number of amides is 1. The summed E-state index contributed by atoms with van der Waals surface area (Å²) in [6, 6.07) is 5.90. The molecule has 2 fully saturated rings. The molecule has 2 aliphatic rings. The second kappa shape index (κ2) is 7.31. The average Bonchev–Trinajstić information content (AvgIpc) is 3.10. The SMILES string of the molecule is CC(=O)c1ccc(NC(=O)O[C@H]2CO[C@@H]3[C@@H]2OC[C@@H]3NS(C)(=O)=O)cc1. The number of hydrogen-bond acceptors (Lipinski definition) is 7. The Morgan fingerprint density at radius 3 is 2.38 bits per heavy atom. The number of carbonyl (C=O) groups is 2. The maximum atomic E-state index is 12.1. The maximum Gasteiger partial charge on any atom is 0.412 e. The van der Waals surface area contributed by atoms with Gasteiger partial charge in [0.25, 0.3) is 0 Å². The lowest BCUT2D eigenvalue weighted by molar-refractivity contribution is 0.00884. The van der Waals surface area contributed by atoms with Crippen molar-refractivity contribution >= 4 is 27.6 Å². The molecule has 2 aliphatic heterocycles. The predicted octanol–water partition coefficient (Wildman–Crippen LogP) is 0.522. The number of Topliss-reactive ketones (excluding diaryl/α,β-unsaturated/α-hetero) is 1. The van der Waals surface area contributed by atoms with Crippen LogP contribution in [0.1, 0.15) is 17.3 Å². The van der Waals surface area contributed by atoms with Gasteiger partial charge in [0.1, 0.15) is 12.2 Å². The van der Waals surface area contributed by atoms with Crippen molar-refractivity contribution < 1.29 is 32.2 Å². The van der Waals surface area contributed by atoms with Crippen LogP contribution in [-0.2, 0) is 24.2 Å². The van der Waals surface area contributed by atoms with Crippen molar-refractivity contribution in [1.82, 2.24) is 4.72 Å². The van der Waals surface area contributed by atoms with Gasteiger partial charge in [-0.05, 0) is 31.2 Å². The number of ether oxygens (including phenoxy) is 3. The van der Waals surface area contributed by atoms with Gasteiger partial charge in [-0.1, -0.05) is 0 Å². The zero-order chi connectivity index (χ0) is 18.9. The number of nitrogens with one attached hydrogen (secondary N) is 2. The van der Waals surface area contributed by atoms with Crippen molar-refractivity contribution in [2.45, 2.75) is 31.3 Å². The number of ketones is 1. The minimum atomic E-state index is -3.39. The molecule has 0 radical (unpaired) electrons. The second-order valence-corrected chi connectivity index (χ2v) is 8.07. The summed E-state index contributed by atoms with van der Waals surface area (Å²) in [5, 5.41) is 2.57. The largest absolute Gasteiger partial charge is 0.441 e. The van der Waals surface area contributed by atoms with Crippen molar-refractivity contribution in [3.05, 3.63) is 29.8 Å². The molecule has 1 aromatic carbocycles. The number of carbonyl (C=O) groups excluding carboxylic acids is 2. The van der Waals surface area contributed by atoms with E-state index in [-0.39, 0.29) is 19.0 Å². The summed E-state index contributed by atoms with van der Waals surface area (Å²) in [5.41, 5.74) is 1.03. The Hall–Kier alpha value is -2.01. The van der Waals surface area contributed by atoms with E-state index in [0.717, 1.165) is 6.26 Å². The molecule has 2 heterocycles. The molecule has 142 valence electrons. The molecule has 0 saturated carbocycles. The zero-order valence-electron chi connectivity index (χ0n) is 14.3. The van der Waals surface area contributed by atoms with Crippen molar-refractivity contribution in [2.24, 2.45) is 0 Å². The van der Waals surface area contributed by atoms with Gasteiger partial charge in [0.15, 0.2) is 11.9 Å². The van der Waals surface area contributed by atoms with E-state index in [1.54, 1.807) is 24.3 Å². The first-order chi connectivity index (χ1) is 12.2. The molecule has 3 rings (SSSR count). The summed E-state index contributed by atoms with van der Waals surface area (Å²) >= 11 is 0. The molecule has 0 aromatic heterocycles. The van der Waals surface area contributed by atoms with Gasteiger partial charge in [-0.2, -0.15) is 0 Å². The van der Waals surface area contributed by atoms with Crippen molar-refractivity contribution in [3.63, 3.8) is 0 Å². The molecule has 2 N–H and O–H groups in total. The van der Waals surface area contributed by atoms with Crippen molar-refractivity contribution in [3.8, 4) is 0 Å². The lowest BCUT2D eigenvalue weighted by Gasteiger charge is -2.17. The fraction of sp³-hybridized carbons (Fsp3) is 0.500. The zero-order valence-corrected chi connectivity index (χ0v) is 15.1. The molecule has 1 aromatic rings. The Labute approximate surface area is 151 Å². The van der Waals surface area contributed by atoms with Gasteiger partial charge in [-0.15, -0.1) is 0 Å². The number of rotatable bonds is 5. The fourth-order valence-corrected chi connectivity index (χ4v) is 3.77. The minimum absolute atomic E-state index is 0.0658. The van der Waals surface area contributed by atoms with Gasteiger partial charge in [0.05, 0.1) is 25.5 Å². The van der Waals surface area contributed by atoms with E-state index in [2.05, 4.69) is 10.0 Å². The van der Waals surface area contributed by atoms with Crippen LogP contribution in [0.15, 0.2) is 24.3 Å². The Balaban J connectivity index is 1.55. The Kier molecular flexibility index (Phi) is 5.28. The molecular weight excluding hydrogens is 364 g/mol. The monoisotopic (exact) mass is 384 g/mol. The third-order valence-electron chi connectivity index (χ3n) is 4.17. The van der Waals surface area contributed by atoms with Crippen LogP contribution < -0.4 is 10.0 Å².